The predicted octanol–water partition coefficient (Wildman–Crippen LogP) is 2.90. The van der Waals surface area contributed by atoms with E-state index in [-0.39, 0.29) is 0 Å². The minimum atomic E-state index is 0.500. The van der Waals surface area contributed by atoms with Gasteiger partial charge in [-0.05, 0) is 37.5 Å². The number of nitrogens with one attached hydrogen (secondary N) is 1. The fourth-order valence-corrected chi connectivity index (χ4v) is 1.75. The quantitative estimate of drug-likeness (QED) is 0.716. The van der Waals surface area contributed by atoms with Gasteiger partial charge in [-0.2, -0.15) is 0 Å². The Kier molecular flexibility index (Phi) is 4.65. The summed E-state index contributed by atoms with van der Waals surface area (Å²) in [6.07, 6.45) is 4.34. The van der Waals surface area contributed by atoms with Crippen LogP contribution < -0.4 is 14.8 Å². The highest BCUT2D eigenvalue weighted by Crippen LogP contribution is 2.29. The normalized spacial score (nSPS) is 14.3. The molecule has 1 fully saturated rings. The van der Waals surface area contributed by atoms with Crippen LogP contribution in [0.2, 0.25) is 0 Å². The summed E-state index contributed by atoms with van der Waals surface area (Å²) in [4.78, 5) is 0. The third kappa shape index (κ3) is 3.77. The summed E-state index contributed by atoms with van der Waals surface area (Å²) in [6.45, 7) is 7.67. The maximum absolute atomic E-state index is 5.61. The summed E-state index contributed by atoms with van der Waals surface area (Å²) in [7, 11) is 0. The fourth-order valence-electron chi connectivity index (χ4n) is 1.75. The molecule has 0 atom stereocenters. The van der Waals surface area contributed by atoms with Crippen molar-refractivity contribution in [3.63, 3.8) is 0 Å². The molecule has 0 spiro atoms. The van der Waals surface area contributed by atoms with E-state index in [1.54, 1.807) is 6.08 Å². The van der Waals surface area contributed by atoms with Crippen molar-refractivity contribution in [2.75, 3.05) is 13.2 Å². The summed E-state index contributed by atoms with van der Waals surface area (Å²) in [6, 6.07) is 6.82. The van der Waals surface area contributed by atoms with Gasteiger partial charge in [-0.1, -0.05) is 18.7 Å². The maximum atomic E-state index is 5.61. The molecule has 0 aliphatic heterocycles. The van der Waals surface area contributed by atoms with Crippen LogP contribution >= 0.6 is 0 Å². The van der Waals surface area contributed by atoms with Gasteiger partial charge in [0.05, 0.1) is 6.61 Å². The standard InChI is InChI=1S/C15H21NO2/c1-3-9-18-14-8-5-12(10-15(14)17-4-2)11-16-13-6-7-13/h3,5,8,10,13,16H,1,4,6-7,9,11H2,2H3. The minimum Gasteiger partial charge on any atom is -0.490 e. The summed E-state index contributed by atoms with van der Waals surface area (Å²) < 4.78 is 11.2. The van der Waals surface area contributed by atoms with Gasteiger partial charge in [0.1, 0.15) is 6.61 Å². The molecule has 1 saturated carbocycles. The Bertz CT molecular complexity index is 399. The van der Waals surface area contributed by atoms with Gasteiger partial charge in [0.25, 0.3) is 0 Å². The molecule has 2 rings (SSSR count). The molecule has 1 aliphatic carbocycles. The first-order valence-corrected chi connectivity index (χ1v) is 6.56. The summed E-state index contributed by atoms with van der Waals surface area (Å²) in [5.74, 6) is 1.60. The van der Waals surface area contributed by atoms with Gasteiger partial charge in [-0.15, -0.1) is 0 Å². The molecule has 0 bridgehead atoms. The van der Waals surface area contributed by atoms with E-state index in [1.165, 1.54) is 18.4 Å². The average Bonchev–Trinajstić information content (AvgIpc) is 3.20. The SMILES string of the molecule is C=CCOc1ccc(CNC2CC2)cc1OCC. The molecule has 0 heterocycles. The summed E-state index contributed by atoms with van der Waals surface area (Å²) in [5.41, 5.74) is 1.23. The Morgan fingerprint density at radius 1 is 1.33 bits per heavy atom. The Labute approximate surface area is 109 Å². The fraction of sp³-hybridized carbons (Fsp3) is 0.467. The van der Waals surface area contributed by atoms with Gasteiger partial charge in [0.2, 0.25) is 0 Å². The number of hydrogen-bond acceptors (Lipinski definition) is 3. The summed E-state index contributed by atoms with van der Waals surface area (Å²) in [5, 5.41) is 3.49. The van der Waals surface area contributed by atoms with Crippen molar-refractivity contribution in [1.82, 2.24) is 5.32 Å². The molecule has 0 amide bonds. The zero-order valence-corrected chi connectivity index (χ0v) is 10.9. The van der Waals surface area contributed by atoms with Crippen molar-refractivity contribution in [3.05, 3.63) is 36.4 Å². The van der Waals surface area contributed by atoms with Crippen molar-refractivity contribution in [2.24, 2.45) is 0 Å². The summed E-state index contributed by atoms with van der Waals surface area (Å²) >= 11 is 0. The molecular weight excluding hydrogens is 226 g/mol. The smallest absolute Gasteiger partial charge is 0.161 e. The van der Waals surface area contributed by atoms with Crippen LogP contribution in [0.15, 0.2) is 30.9 Å². The van der Waals surface area contributed by atoms with Gasteiger partial charge in [-0.25, -0.2) is 0 Å². The van der Waals surface area contributed by atoms with Gasteiger partial charge in [-0.3, -0.25) is 0 Å². The number of hydrogen-bond donors (Lipinski definition) is 1. The lowest BCUT2D eigenvalue weighted by Crippen LogP contribution is -2.15. The molecule has 98 valence electrons. The molecule has 0 aromatic heterocycles. The Balaban J connectivity index is 2.02. The van der Waals surface area contributed by atoms with Crippen LogP contribution in [-0.4, -0.2) is 19.3 Å². The molecule has 3 nitrogen and oxygen atoms in total. The monoisotopic (exact) mass is 247 g/mol. The Hall–Kier alpha value is -1.48. The van der Waals surface area contributed by atoms with E-state index in [1.807, 2.05) is 13.0 Å². The first-order chi connectivity index (χ1) is 8.83. The molecule has 1 N–H and O–H groups in total. The van der Waals surface area contributed by atoms with Crippen LogP contribution in [0, 0.1) is 0 Å². The van der Waals surface area contributed by atoms with E-state index in [4.69, 9.17) is 9.47 Å². The third-order valence-electron chi connectivity index (χ3n) is 2.84. The average molecular weight is 247 g/mol. The number of rotatable bonds is 8. The Morgan fingerprint density at radius 2 is 2.17 bits per heavy atom. The topological polar surface area (TPSA) is 30.5 Å². The second kappa shape index (κ2) is 6.45. The van der Waals surface area contributed by atoms with E-state index in [0.29, 0.717) is 13.2 Å². The highest BCUT2D eigenvalue weighted by molar-refractivity contribution is 5.43. The molecule has 0 radical (unpaired) electrons. The van der Waals surface area contributed by atoms with Crippen molar-refractivity contribution in [3.8, 4) is 11.5 Å². The second-order valence-corrected chi connectivity index (χ2v) is 4.47. The first-order valence-electron chi connectivity index (χ1n) is 6.56. The van der Waals surface area contributed by atoms with Crippen molar-refractivity contribution < 1.29 is 9.47 Å². The first kappa shape index (κ1) is 13.0. The van der Waals surface area contributed by atoms with E-state index >= 15 is 0 Å². The zero-order valence-electron chi connectivity index (χ0n) is 10.9. The zero-order chi connectivity index (χ0) is 12.8. The van der Waals surface area contributed by atoms with Crippen LogP contribution in [0.4, 0.5) is 0 Å². The highest BCUT2D eigenvalue weighted by atomic mass is 16.5. The van der Waals surface area contributed by atoms with Crippen LogP contribution in [0.3, 0.4) is 0 Å². The molecule has 1 aliphatic rings. The molecule has 1 aromatic carbocycles. The van der Waals surface area contributed by atoms with E-state index in [2.05, 4.69) is 24.0 Å². The van der Waals surface area contributed by atoms with Gasteiger partial charge in [0, 0.05) is 12.6 Å². The van der Waals surface area contributed by atoms with Gasteiger partial charge in [0.15, 0.2) is 11.5 Å². The van der Waals surface area contributed by atoms with Crippen molar-refractivity contribution >= 4 is 0 Å². The predicted molar refractivity (Wildman–Crippen MR) is 73.2 cm³/mol. The lowest BCUT2D eigenvalue weighted by molar-refractivity contribution is 0.296. The number of ether oxygens (including phenoxy) is 2. The van der Waals surface area contributed by atoms with Crippen LogP contribution in [0.25, 0.3) is 0 Å². The lowest BCUT2D eigenvalue weighted by atomic mass is 10.2. The molecule has 1 aromatic rings. The second-order valence-electron chi connectivity index (χ2n) is 4.47. The molecule has 18 heavy (non-hydrogen) atoms. The lowest BCUT2D eigenvalue weighted by Gasteiger charge is -2.12. The minimum absolute atomic E-state index is 0.500. The van der Waals surface area contributed by atoms with Crippen molar-refractivity contribution in [2.45, 2.75) is 32.4 Å². The van der Waals surface area contributed by atoms with Gasteiger partial charge >= 0.3 is 0 Å². The molecular formula is C15H21NO2. The molecule has 0 saturated heterocycles. The van der Waals surface area contributed by atoms with Crippen LogP contribution in [0.1, 0.15) is 25.3 Å². The van der Waals surface area contributed by atoms with E-state index in [9.17, 15) is 0 Å². The van der Waals surface area contributed by atoms with E-state index in [0.717, 1.165) is 24.1 Å². The number of benzene rings is 1. The van der Waals surface area contributed by atoms with Crippen LogP contribution in [-0.2, 0) is 6.54 Å². The molecule has 3 heteroatoms. The Morgan fingerprint density at radius 3 is 2.83 bits per heavy atom. The van der Waals surface area contributed by atoms with E-state index < -0.39 is 0 Å². The van der Waals surface area contributed by atoms with Crippen molar-refractivity contribution in [1.29, 1.82) is 0 Å². The van der Waals surface area contributed by atoms with Crippen LogP contribution in [0.5, 0.6) is 11.5 Å². The largest absolute Gasteiger partial charge is 0.490 e. The van der Waals surface area contributed by atoms with Gasteiger partial charge < -0.3 is 14.8 Å². The maximum Gasteiger partial charge on any atom is 0.161 e. The highest BCUT2D eigenvalue weighted by Gasteiger charge is 2.20. The third-order valence-corrected chi connectivity index (χ3v) is 2.84. The molecule has 0 unspecified atom stereocenters.